The van der Waals surface area contributed by atoms with Crippen molar-refractivity contribution in [3.63, 3.8) is 0 Å². The quantitative estimate of drug-likeness (QED) is 0.465. The Morgan fingerprint density at radius 1 is 1.53 bits per heavy atom. The molecule has 1 N–H and O–H groups in total. The Balaban J connectivity index is 3.61. The summed E-state index contributed by atoms with van der Waals surface area (Å²) in [6.45, 7) is 0. The second-order valence-corrected chi connectivity index (χ2v) is 2.53. The van der Waals surface area contributed by atoms with Crippen molar-refractivity contribution in [3.05, 3.63) is 37.8 Å². The van der Waals surface area contributed by atoms with E-state index in [1.807, 2.05) is 0 Å². The number of pyridine rings is 1. The Labute approximate surface area is 80.7 Å². The van der Waals surface area contributed by atoms with E-state index in [9.17, 15) is 28.5 Å². The summed E-state index contributed by atoms with van der Waals surface area (Å²) < 4.78 is 24.6. The molecule has 0 bridgehead atoms. The van der Waals surface area contributed by atoms with Crippen LogP contribution in [-0.2, 0) is 0 Å². The number of hydrogen-bond donors (Lipinski definition) is 1. The van der Waals surface area contributed by atoms with E-state index in [4.69, 9.17) is 0 Å². The van der Waals surface area contributed by atoms with Crippen molar-refractivity contribution in [2.75, 3.05) is 0 Å². The smallest absolute Gasteiger partial charge is 0.305 e. The van der Waals surface area contributed by atoms with Gasteiger partial charge in [0.1, 0.15) is 5.56 Å². The highest BCUT2D eigenvalue weighted by molar-refractivity contribution is 5.79. The highest BCUT2D eigenvalue weighted by Crippen LogP contribution is 2.28. The zero-order chi connectivity index (χ0) is 11.6. The van der Waals surface area contributed by atoms with Crippen molar-refractivity contribution in [3.8, 4) is 0 Å². The van der Waals surface area contributed by atoms with Crippen molar-refractivity contribution < 1.29 is 18.5 Å². The standard InChI is InChI=1S/C7H4F2N2O4/c8-7(9)3-1-5(13)10-4(2-12)6(3)11(14)15/h1-2,7H,(H,10,13). The van der Waals surface area contributed by atoms with Crippen molar-refractivity contribution >= 4 is 12.0 Å². The molecule has 0 aliphatic rings. The number of carbonyl (C=O) groups is 1. The van der Waals surface area contributed by atoms with E-state index in [0.717, 1.165) is 0 Å². The third kappa shape index (κ3) is 2.03. The highest BCUT2D eigenvalue weighted by Gasteiger charge is 2.26. The SMILES string of the molecule is O=Cc1[nH]c(=O)cc(C(F)F)c1[N+](=O)[O-]. The Morgan fingerprint density at radius 3 is 2.53 bits per heavy atom. The second-order valence-electron chi connectivity index (χ2n) is 2.53. The van der Waals surface area contributed by atoms with Crippen molar-refractivity contribution in [2.24, 2.45) is 0 Å². The molecule has 1 aromatic heterocycles. The van der Waals surface area contributed by atoms with Gasteiger partial charge in [0.2, 0.25) is 5.56 Å². The molecule has 0 spiro atoms. The van der Waals surface area contributed by atoms with Gasteiger partial charge in [-0.3, -0.25) is 19.7 Å². The summed E-state index contributed by atoms with van der Waals surface area (Å²) in [4.78, 5) is 32.2. The lowest BCUT2D eigenvalue weighted by Gasteiger charge is -2.02. The maximum Gasteiger partial charge on any atom is 0.305 e. The Bertz CT molecular complexity index is 469. The van der Waals surface area contributed by atoms with Gasteiger partial charge in [-0.1, -0.05) is 0 Å². The van der Waals surface area contributed by atoms with Crippen molar-refractivity contribution in [1.82, 2.24) is 4.98 Å². The lowest BCUT2D eigenvalue weighted by atomic mass is 10.2. The molecule has 0 atom stereocenters. The number of carbonyl (C=O) groups excluding carboxylic acids is 1. The average molecular weight is 218 g/mol. The lowest BCUT2D eigenvalue weighted by molar-refractivity contribution is -0.386. The molecule has 1 aromatic rings. The fourth-order valence-corrected chi connectivity index (χ4v) is 1.05. The molecule has 0 saturated heterocycles. The van der Waals surface area contributed by atoms with Crippen LogP contribution in [0.2, 0.25) is 0 Å². The predicted molar refractivity (Wildman–Crippen MR) is 44.1 cm³/mol. The first kappa shape index (κ1) is 11.0. The van der Waals surface area contributed by atoms with Gasteiger partial charge in [-0.25, -0.2) is 8.78 Å². The van der Waals surface area contributed by atoms with Gasteiger partial charge in [0.15, 0.2) is 12.0 Å². The molecule has 0 aliphatic heterocycles. The van der Waals surface area contributed by atoms with Gasteiger partial charge in [0.25, 0.3) is 6.43 Å². The highest BCUT2D eigenvalue weighted by atomic mass is 19.3. The number of rotatable bonds is 3. The molecule has 80 valence electrons. The maximum atomic E-state index is 12.3. The van der Waals surface area contributed by atoms with Gasteiger partial charge in [-0.2, -0.15) is 0 Å². The first-order valence-corrected chi connectivity index (χ1v) is 3.62. The van der Waals surface area contributed by atoms with Crippen LogP contribution in [0.5, 0.6) is 0 Å². The summed E-state index contributed by atoms with van der Waals surface area (Å²) in [7, 11) is 0. The zero-order valence-corrected chi connectivity index (χ0v) is 7.07. The van der Waals surface area contributed by atoms with Crippen LogP contribution in [0.4, 0.5) is 14.5 Å². The fourth-order valence-electron chi connectivity index (χ4n) is 1.05. The molecule has 15 heavy (non-hydrogen) atoms. The largest absolute Gasteiger partial charge is 0.314 e. The molecule has 1 rings (SSSR count). The van der Waals surface area contributed by atoms with Crippen molar-refractivity contribution in [2.45, 2.75) is 6.43 Å². The average Bonchev–Trinajstić information content (AvgIpc) is 2.15. The molecule has 0 aliphatic carbocycles. The molecule has 0 saturated carbocycles. The number of hydrogen-bond acceptors (Lipinski definition) is 4. The minimum Gasteiger partial charge on any atom is -0.314 e. The third-order valence-corrected chi connectivity index (χ3v) is 1.61. The summed E-state index contributed by atoms with van der Waals surface area (Å²) in [5, 5.41) is 10.4. The molecule has 0 unspecified atom stereocenters. The van der Waals surface area contributed by atoms with Crippen LogP contribution in [0.15, 0.2) is 10.9 Å². The summed E-state index contributed by atoms with van der Waals surface area (Å²) in [6, 6.07) is 0.399. The van der Waals surface area contributed by atoms with Crippen LogP contribution in [0.1, 0.15) is 22.5 Å². The Morgan fingerprint density at radius 2 is 2.13 bits per heavy atom. The van der Waals surface area contributed by atoms with E-state index in [1.54, 1.807) is 4.98 Å². The van der Waals surface area contributed by atoms with E-state index in [2.05, 4.69) is 0 Å². The monoisotopic (exact) mass is 218 g/mol. The molecule has 1 heterocycles. The summed E-state index contributed by atoms with van der Waals surface area (Å²) >= 11 is 0. The number of alkyl halides is 2. The van der Waals surface area contributed by atoms with Gasteiger partial charge in [-0.05, 0) is 0 Å². The number of halogens is 2. The van der Waals surface area contributed by atoms with Crippen molar-refractivity contribution in [1.29, 1.82) is 0 Å². The van der Waals surface area contributed by atoms with Crippen LogP contribution < -0.4 is 5.56 Å². The fraction of sp³-hybridized carbons (Fsp3) is 0.143. The number of nitro groups is 1. The summed E-state index contributed by atoms with van der Waals surface area (Å²) in [5.41, 5.74) is -3.88. The summed E-state index contributed by atoms with van der Waals surface area (Å²) in [5.74, 6) is 0. The molecule has 8 heteroatoms. The number of aldehydes is 1. The van der Waals surface area contributed by atoms with Gasteiger partial charge >= 0.3 is 5.69 Å². The van der Waals surface area contributed by atoms with Gasteiger partial charge in [0.05, 0.1) is 4.92 Å². The Hall–Kier alpha value is -2.12. The normalized spacial score (nSPS) is 10.3. The molecule has 6 nitrogen and oxygen atoms in total. The van der Waals surface area contributed by atoms with E-state index in [0.29, 0.717) is 6.07 Å². The van der Waals surface area contributed by atoms with Crippen LogP contribution >= 0.6 is 0 Å². The predicted octanol–water partition coefficient (Wildman–Crippen LogP) is 1.03. The minimum atomic E-state index is -3.19. The molecular formula is C7H4F2N2O4. The van der Waals surface area contributed by atoms with E-state index in [1.165, 1.54) is 0 Å². The maximum absolute atomic E-state index is 12.3. The topological polar surface area (TPSA) is 93.1 Å². The van der Waals surface area contributed by atoms with Gasteiger partial charge < -0.3 is 4.98 Å². The number of nitrogens with one attached hydrogen (secondary N) is 1. The second kappa shape index (κ2) is 3.95. The van der Waals surface area contributed by atoms with Crippen LogP contribution in [0.3, 0.4) is 0 Å². The first-order valence-electron chi connectivity index (χ1n) is 3.62. The van der Waals surface area contributed by atoms with Crippen LogP contribution in [0, 0.1) is 10.1 Å². The lowest BCUT2D eigenvalue weighted by Crippen LogP contribution is -2.13. The van der Waals surface area contributed by atoms with E-state index < -0.39 is 33.9 Å². The molecule has 0 aromatic carbocycles. The first-order chi connectivity index (χ1) is 6.97. The van der Waals surface area contributed by atoms with Crippen LogP contribution in [0.25, 0.3) is 0 Å². The number of H-pyrrole nitrogens is 1. The van der Waals surface area contributed by atoms with E-state index in [-0.39, 0.29) is 6.29 Å². The number of nitrogens with zero attached hydrogens (tertiary/aromatic N) is 1. The van der Waals surface area contributed by atoms with E-state index >= 15 is 0 Å². The zero-order valence-electron chi connectivity index (χ0n) is 7.07. The summed E-state index contributed by atoms with van der Waals surface area (Å²) in [6.07, 6.45) is -3.24. The molecule has 0 radical (unpaired) electrons. The van der Waals surface area contributed by atoms with Gasteiger partial charge in [0, 0.05) is 6.07 Å². The minimum absolute atomic E-state index is 0.0502. The van der Waals surface area contributed by atoms with Gasteiger partial charge in [-0.15, -0.1) is 0 Å². The molecule has 0 fully saturated rings. The van der Waals surface area contributed by atoms with Crippen LogP contribution in [-0.4, -0.2) is 16.2 Å². The molecule has 0 amide bonds. The number of aromatic amines is 1. The molecular weight excluding hydrogens is 214 g/mol. The Kier molecular flexibility index (Phi) is 2.88. The third-order valence-electron chi connectivity index (χ3n) is 1.61. The number of aromatic nitrogens is 1.